The third-order valence-electron chi connectivity index (χ3n) is 2.52. The first kappa shape index (κ1) is 13.2. The van der Waals surface area contributed by atoms with Crippen molar-refractivity contribution in [2.45, 2.75) is 20.3 Å². The monoisotopic (exact) mass is 239 g/mol. The van der Waals surface area contributed by atoms with Gasteiger partial charge in [-0.15, -0.1) is 0 Å². The smallest absolute Gasteiger partial charge is 0.306 e. The number of nitrogens with one attached hydrogen (secondary N) is 1. The Morgan fingerprint density at radius 2 is 2.29 bits per heavy atom. The van der Waals surface area contributed by atoms with Crippen LogP contribution in [0.25, 0.3) is 0 Å². The van der Waals surface area contributed by atoms with Crippen LogP contribution in [0.3, 0.4) is 0 Å². The highest BCUT2D eigenvalue weighted by Crippen LogP contribution is 2.19. The third-order valence-corrected chi connectivity index (χ3v) is 2.52. The van der Waals surface area contributed by atoms with Crippen LogP contribution >= 0.6 is 0 Å². The lowest BCUT2D eigenvalue weighted by Crippen LogP contribution is -2.15. The van der Waals surface area contributed by atoms with E-state index in [1.165, 1.54) is 6.33 Å². The summed E-state index contributed by atoms with van der Waals surface area (Å²) in [6.45, 7) is 4.08. The van der Waals surface area contributed by atoms with Gasteiger partial charge >= 0.3 is 5.97 Å². The highest BCUT2D eigenvalue weighted by Gasteiger charge is 2.11. The summed E-state index contributed by atoms with van der Waals surface area (Å²) in [6, 6.07) is 0. The maximum absolute atomic E-state index is 10.6. The molecule has 0 aliphatic heterocycles. The second-order valence-electron chi connectivity index (χ2n) is 3.81. The summed E-state index contributed by atoms with van der Waals surface area (Å²) in [6.07, 6.45) is 1.95. The van der Waals surface area contributed by atoms with Gasteiger partial charge in [-0.05, 0) is 13.3 Å². The van der Waals surface area contributed by atoms with Gasteiger partial charge in [0.15, 0.2) is 0 Å². The zero-order chi connectivity index (χ0) is 12.8. The first-order chi connectivity index (χ1) is 8.06. The largest absolute Gasteiger partial charge is 0.481 e. The molecule has 1 aromatic heterocycles. The molecule has 0 amide bonds. The summed E-state index contributed by atoms with van der Waals surface area (Å²) in [4.78, 5) is 18.7. The van der Waals surface area contributed by atoms with E-state index in [2.05, 4.69) is 15.3 Å². The minimum atomic E-state index is -0.788. The molecule has 0 spiro atoms. The Labute approximate surface area is 100 Å². The predicted molar refractivity (Wildman–Crippen MR) is 63.2 cm³/mol. The van der Waals surface area contributed by atoms with Crippen LogP contribution in [0, 0.1) is 12.8 Å². The van der Waals surface area contributed by atoms with E-state index in [1.54, 1.807) is 14.0 Å². The molecule has 1 rings (SSSR count). The van der Waals surface area contributed by atoms with Gasteiger partial charge in [0.1, 0.15) is 12.1 Å². The predicted octanol–water partition coefficient (Wildman–Crippen LogP) is 1.32. The van der Waals surface area contributed by atoms with Gasteiger partial charge in [-0.1, -0.05) is 6.92 Å². The van der Waals surface area contributed by atoms with Gasteiger partial charge in [0, 0.05) is 6.54 Å². The molecule has 1 atom stereocenters. The summed E-state index contributed by atoms with van der Waals surface area (Å²) in [5.41, 5.74) is 0.818. The number of carboxylic acids is 1. The molecule has 2 N–H and O–H groups in total. The van der Waals surface area contributed by atoms with E-state index in [0.717, 1.165) is 5.56 Å². The molecule has 17 heavy (non-hydrogen) atoms. The molecular weight excluding hydrogens is 222 g/mol. The van der Waals surface area contributed by atoms with E-state index in [-0.39, 0.29) is 5.92 Å². The number of carboxylic acid groups (broad SMARTS) is 1. The van der Waals surface area contributed by atoms with E-state index < -0.39 is 5.97 Å². The number of hydrogen-bond donors (Lipinski definition) is 2. The summed E-state index contributed by atoms with van der Waals surface area (Å²) >= 11 is 0. The fraction of sp³-hybridized carbons (Fsp3) is 0.545. The van der Waals surface area contributed by atoms with Gasteiger partial charge in [0.2, 0.25) is 5.88 Å². The molecule has 0 radical (unpaired) electrons. The number of carbonyl (C=O) groups is 1. The standard InChI is InChI=1S/C11H17N3O3/c1-7(11(15)16)4-5-12-9-8(2)10(17-3)14-6-13-9/h6-7H,4-5H2,1-3H3,(H,15,16)(H,12,13,14). The average Bonchev–Trinajstić information content (AvgIpc) is 2.31. The molecule has 0 bridgehead atoms. The molecule has 1 aromatic rings. The van der Waals surface area contributed by atoms with Crippen LogP contribution in [0.2, 0.25) is 0 Å². The number of nitrogens with zero attached hydrogens (tertiary/aromatic N) is 2. The number of hydrogen-bond acceptors (Lipinski definition) is 5. The molecular formula is C11H17N3O3. The molecule has 1 heterocycles. The molecule has 0 saturated heterocycles. The Kier molecular flexibility index (Phi) is 4.68. The van der Waals surface area contributed by atoms with E-state index in [1.807, 2.05) is 6.92 Å². The second-order valence-corrected chi connectivity index (χ2v) is 3.81. The Hall–Kier alpha value is -1.85. The van der Waals surface area contributed by atoms with Crippen LogP contribution in [0.15, 0.2) is 6.33 Å². The normalized spacial score (nSPS) is 11.9. The first-order valence-corrected chi connectivity index (χ1v) is 5.38. The van der Waals surface area contributed by atoms with Crippen molar-refractivity contribution < 1.29 is 14.6 Å². The van der Waals surface area contributed by atoms with Gasteiger partial charge in [0.05, 0.1) is 18.6 Å². The zero-order valence-electron chi connectivity index (χ0n) is 10.2. The zero-order valence-corrected chi connectivity index (χ0v) is 10.2. The van der Waals surface area contributed by atoms with Crippen LogP contribution in [0.1, 0.15) is 18.9 Å². The highest BCUT2D eigenvalue weighted by molar-refractivity contribution is 5.69. The number of rotatable bonds is 6. The van der Waals surface area contributed by atoms with E-state index in [9.17, 15) is 4.79 Å². The minimum Gasteiger partial charge on any atom is -0.481 e. The summed E-state index contributed by atoms with van der Waals surface area (Å²) in [5.74, 6) is 0.0403. The molecule has 0 aliphatic rings. The highest BCUT2D eigenvalue weighted by atomic mass is 16.5. The average molecular weight is 239 g/mol. The molecule has 6 nitrogen and oxygen atoms in total. The molecule has 0 fully saturated rings. The maximum Gasteiger partial charge on any atom is 0.306 e. The maximum atomic E-state index is 10.6. The van der Waals surface area contributed by atoms with Gasteiger partial charge in [0.25, 0.3) is 0 Å². The van der Waals surface area contributed by atoms with Crippen molar-refractivity contribution in [2.75, 3.05) is 19.0 Å². The lowest BCUT2D eigenvalue weighted by molar-refractivity contribution is -0.141. The van der Waals surface area contributed by atoms with Gasteiger partial charge in [-0.2, -0.15) is 0 Å². The van der Waals surface area contributed by atoms with Crippen LogP contribution in [0.4, 0.5) is 5.82 Å². The van der Waals surface area contributed by atoms with Crippen molar-refractivity contribution in [1.82, 2.24) is 9.97 Å². The number of aliphatic carboxylic acids is 1. The number of anilines is 1. The molecule has 0 aliphatic carbocycles. The molecule has 6 heteroatoms. The minimum absolute atomic E-state index is 0.369. The van der Waals surface area contributed by atoms with Crippen molar-refractivity contribution in [3.63, 3.8) is 0 Å². The quantitative estimate of drug-likeness (QED) is 0.778. The van der Waals surface area contributed by atoms with Crippen molar-refractivity contribution in [2.24, 2.45) is 5.92 Å². The Morgan fingerprint density at radius 1 is 1.59 bits per heavy atom. The van der Waals surface area contributed by atoms with Gasteiger partial charge < -0.3 is 15.2 Å². The molecule has 94 valence electrons. The van der Waals surface area contributed by atoms with Crippen LogP contribution < -0.4 is 10.1 Å². The second kappa shape index (κ2) is 6.03. The van der Waals surface area contributed by atoms with Crippen molar-refractivity contribution in [3.05, 3.63) is 11.9 Å². The van der Waals surface area contributed by atoms with E-state index >= 15 is 0 Å². The van der Waals surface area contributed by atoms with Crippen molar-refractivity contribution in [1.29, 1.82) is 0 Å². The molecule has 0 aromatic carbocycles. The number of methoxy groups -OCH3 is 1. The summed E-state index contributed by atoms with van der Waals surface area (Å²) in [7, 11) is 1.55. The SMILES string of the molecule is COc1ncnc(NCCC(C)C(=O)O)c1C. The summed E-state index contributed by atoms with van der Waals surface area (Å²) < 4.78 is 5.07. The van der Waals surface area contributed by atoms with Crippen LogP contribution in [-0.4, -0.2) is 34.7 Å². The Balaban J connectivity index is 2.55. The lowest BCUT2D eigenvalue weighted by atomic mass is 10.1. The van der Waals surface area contributed by atoms with Crippen molar-refractivity contribution in [3.8, 4) is 5.88 Å². The van der Waals surface area contributed by atoms with E-state index in [0.29, 0.717) is 24.7 Å². The van der Waals surface area contributed by atoms with E-state index in [4.69, 9.17) is 9.84 Å². The fourth-order valence-electron chi connectivity index (χ4n) is 1.35. The third kappa shape index (κ3) is 3.58. The van der Waals surface area contributed by atoms with Gasteiger partial charge in [-0.3, -0.25) is 4.79 Å². The molecule has 0 saturated carbocycles. The fourth-order valence-corrected chi connectivity index (χ4v) is 1.35. The van der Waals surface area contributed by atoms with Gasteiger partial charge in [-0.25, -0.2) is 9.97 Å². The Morgan fingerprint density at radius 3 is 2.88 bits per heavy atom. The van der Waals surface area contributed by atoms with Crippen LogP contribution in [0.5, 0.6) is 5.88 Å². The van der Waals surface area contributed by atoms with Crippen LogP contribution in [-0.2, 0) is 4.79 Å². The number of ether oxygens (including phenoxy) is 1. The first-order valence-electron chi connectivity index (χ1n) is 5.38. The topological polar surface area (TPSA) is 84.3 Å². The lowest BCUT2D eigenvalue weighted by Gasteiger charge is -2.11. The molecule has 1 unspecified atom stereocenters. The van der Waals surface area contributed by atoms with Crippen molar-refractivity contribution >= 4 is 11.8 Å². The summed E-state index contributed by atoms with van der Waals surface area (Å²) in [5, 5.41) is 11.8. The Bertz CT molecular complexity index is 396. The number of aromatic nitrogens is 2.